The zero-order valence-electron chi connectivity index (χ0n) is 11.8. The van der Waals surface area contributed by atoms with E-state index < -0.39 is 0 Å². The zero-order chi connectivity index (χ0) is 14.1. The van der Waals surface area contributed by atoms with Crippen molar-refractivity contribution in [3.63, 3.8) is 0 Å². The Morgan fingerprint density at radius 3 is 2.95 bits per heavy atom. The lowest BCUT2D eigenvalue weighted by molar-refractivity contribution is -0.116. The highest BCUT2D eigenvalue weighted by atomic mass is 16.2. The van der Waals surface area contributed by atoms with Crippen LogP contribution in [0, 0.1) is 0 Å². The number of nitrogens with one attached hydrogen (secondary N) is 1. The van der Waals surface area contributed by atoms with E-state index in [4.69, 9.17) is 0 Å². The molecule has 1 aromatic carbocycles. The zero-order valence-corrected chi connectivity index (χ0v) is 11.8. The molecule has 0 saturated carbocycles. The number of amides is 2. The Kier molecular flexibility index (Phi) is 3.47. The van der Waals surface area contributed by atoms with Crippen LogP contribution in [0.2, 0.25) is 0 Å². The van der Waals surface area contributed by atoms with Gasteiger partial charge in [0.25, 0.3) is 5.91 Å². The van der Waals surface area contributed by atoms with Crippen LogP contribution in [0.15, 0.2) is 18.2 Å². The van der Waals surface area contributed by atoms with E-state index in [-0.39, 0.29) is 11.8 Å². The predicted octanol–water partition coefficient (Wildman–Crippen LogP) is 2.59. The first-order valence-corrected chi connectivity index (χ1v) is 7.39. The van der Waals surface area contributed by atoms with Gasteiger partial charge in [0, 0.05) is 30.3 Å². The minimum absolute atomic E-state index is 0.0567. The number of carbonyl (C=O) groups is 2. The number of benzene rings is 1. The Bertz CT molecular complexity index is 553. The number of fused-ring (bicyclic) bond motifs is 1. The summed E-state index contributed by atoms with van der Waals surface area (Å²) in [4.78, 5) is 25.9. The molecule has 2 amide bonds. The van der Waals surface area contributed by atoms with Gasteiger partial charge < -0.3 is 10.2 Å². The van der Waals surface area contributed by atoms with Crippen LogP contribution >= 0.6 is 0 Å². The second kappa shape index (κ2) is 5.27. The molecule has 1 atom stereocenters. The average molecular weight is 272 g/mol. The molecule has 1 fully saturated rings. The minimum Gasteiger partial charge on any atom is -0.336 e. The highest BCUT2D eigenvalue weighted by Gasteiger charge is 2.25. The number of carbonyl (C=O) groups excluding carboxylic acids is 2. The quantitative estimate of drug-likeness (QED) is 0.854. The largest absolute Gasteiger partial charge is 0.336 e. The van der Waals surface area contributed by atoms with E-state index in [1.165, 1.54) is 6.42 Å². The molecule has 1 aromatic rings. The molecule has 1 saturated heterocycles. The van der Waals surface area contributed by atoms with Gasteiger partial charge in [-0.25, -0.2) is 0 Å². The monoisotopic (exact) mass is 272 g/mol. The molecule has 4 heteroatoms. The van der Waals surface area contributed by atoms with Gasteiger partial charge in [-0.15, -0.1) is 0 Å². The number of hydrogen-bond acceptors (Lipinski definition) is 2. The lowest BCUT2D eigenvalue weighted by Crippen LogP contribution is -2.42. The molecule has 1 unspecified atom stereocenters. The average Bonchev–Trinajstić information content (AvgIpc) is 2.46. The summed E-state index contributed by atoms with van der Waals surface area (Å²) in [5.41, 5.74) is 2.67. The fourth-order valence-corrected chi connectivity index (χ4v) is 3.08. The molecule has 2 heterocycles. The van der Waals surface area contributed by atoms with Crippen LogP contribution in [-0.4, -0.2) is 29.3 Å². The summed E-state index contributed by atoms with van der Waals surface area (Å²) in [6.07, 6.45) is 4.62. The molecule has 20 heavy (non-hydrogen) atoms. The van der Waals surface area contributed by atoms with Crippen LogP contribution in [-0.2, 0) is 11.2 Å². The van der Waals surface area contributed by atoms with Gasteiger partial charge in [0.15, 0.2) is 0 Å². The van der Waals surface area contributed by atoms with E-state index >= 15 is 0 Å². The molecule has 4 nitrogen and oxygen atoms in total. The number of likely N-dealkylation sites (tertiary alicyclic amines) is 1. The van der Waals surface area contributed by atoms with E-state index in [1.54, 1.807) is 0 Å². The number of anilines is 1. The number of rotatable bonds is 1. The molecule has 0 radical (unpaired) electrons. The summed E-state index contributed by atoms with van der Waals surface area (Å²) in [7, 11) is 0. The van der Waals surface area contributed by atoms with Crippen LogP contribution < -0.4 is 5.32 Å². The van der Waals surface area contributed by atoms with Crippen molar-refractivity contribution in [2.45, 2.75) is 45.1 Å². The van der Waals surface area contributed by atoms with E-state index in [9.17, 15) is 9.59 Å². The predicted molar refractivity (Wildman–Crippen MR) is 77.7 cm³/mol. The molecular weight excluding hydrogens is 252 g/mol. The Morgan fingerprint density at radius 1 is 1.30 bits per heavy atom. The smallest absolute Gasteiger partial charge is 0.254 e. The van der Waals surface area contributed by atoms with Gasteiger partial charge in [0.2, 0.25) is 5.91 Å². The third kappa shape index (κ3) is 2.42. The fraction of sp³-hybridized carbons (Fsp3) is 0.500. The van der Waals surface area contributed by atoms with Crippen LogP contribution in [0.4, 0.5) is 5.69 Å². The second-order valence-electron chi connectivity index (χ2n) is 5.76. The van der Waals surface area contributed by atoms with E-state index in [0.717, 1.165) is 42.6 Å². The van der Waals surface area contributed by atoms with E-state index in [0.29, 0.717) is 12.5 Å². The Balaban J connectivity index is 1.83. The van der Waals surface area contributed by atoms with Gasteiger partial charge in [-0.2, -0.15) is 0 Å². The Morgan fingerprint density at radius 2 is 2.15 bits per heavy atom. The van der Waals surface area contributed by atoms with Crippen molar-refractivity contribution >= 4 is 17.5 Å². The minimum atomic E-state index is 0.0567. The summed E-state index contributed by atoms with van der Waals surface area (Å²) < 4.78 is 0. The van der Waals surface area contributed by atoms with Gasteiger partial charge in [-0.1, -0.05) is 0 Å². The van der Waals surface area contributed by atoms with Gasteiger partial charge in [0.05, 0.1) is 0 Å². The summed E-state index contributed by atoms with van der Waals surface area (Å²) in [5.74, 6) is 0.179. The van der Waals surface area contributed by atoms with Crippen LogP contribution in [0.3, 0.4) is 0 Å². The van der Waals surface area contributed by atoms with Gasteiger partial charge in [-0.3, -0.25) is 9.59 Å². The summed E-state index contributed by atoms with van der Waals surface area (Å²) in [6, 6.07) is 5.95. The Hall–Kier alpha value is -1.84. The third-order valence-corrected chi connectivity index (χ3v) is 4.31. The summed E-state index contributed by atoms with van der Waals surface area (Å²) in [5, 5.41) is 2.85. The van der Waals surface area contributed by atoms with Crippen molar-refractivity contribution in [3.05, 3.63) is 29.3 Å². The summed E-state index contributed by atoms with van der Waals surface area (Å²) in [6.45, 7) is 2.98. The topological polar surface area (TPSA) is 49.4 Å². The molecule has 0 bridgehead atoms. The first-order valence-electron chi connectivity index (χ1n) is 7.39. The molecular formula is C16H20N2O2. The van der Waals surface area contributed by atoms with Crippen molar-refractivity contribution < 1.29 is 9.59 Å². The van der Waals surface area contributed by atoms with Crippen molar-refractivity contribution in [1.29, 1.82) is 0 Å². The lowest BCUT2D eigenvalue weighted by Gasteiger charge is -2.33. The SMILES string of the molecule is CC1CCCCN1C(=O)c1ccc2c(c1)CCC(=O)N2. The molecule has 0 spiro atoms. The van der Waals surface area contributed by atoms with Crippen molar-refractivity contribution in [2.75, 3.05) is 11.9 Å². The molecule has 3 rings (SSSR count). The Labute approximate surface area is 119 Å². The number of piperidine rings is 1. The fourth-order valence-electron chi connectivity index (χ4n) is 3.08. The maximum absolute atomic E-state index is 12.6. The molecule has 2 aliphatic heterocycles. The van der Waals surface area contributed by atoms with Crippen molar-refractivity contribution in [1.82, 2.24) is 4.90 Å². The third-order valence-electron chi connectivity index (χ3n) is 4.31. The van der Waals surface area contributed by atoms with Crippen LogP contribution in [0.1, 0.15) is 48.5 Å². The highest BCUT2D eigenvalue weighted by molar-refractivity contribution is 5.98. The molecule has 1 N–H and O–H groups in total. The molecule has 106 valence electrons. The van der Waals surface area contributed by atoms with Crippen molar-refractivity contribution in [2.24, 2.45) is 0 Å². The van der Waals surface area contributed by atoms with E-state index in [1.807, 2.05) is 23.1 Å². The maximum Gasteiger partial charge on any atom is 0.254 e. The molecule has 2 aliphatic rings. The number of nitrogens with zero attached hydrogens (tertiary/aromatic N) is 1. The van der Waals surface area contributed by atoms with E-state index in [2.05, 4.69) is 12.2 Å². The van der Waals surface area contributed by atoms with Gasteiger partial charge >= 0.3 is 0 Å². The van der Waals surface area contributed by atoms with Gasteiger partial charge in [-0.05, 0) is 56.4 Å². The normalized spacial score (nSPS) is 22.1. The first kappa shape index (κ1) is 13.2. The second-order valence-corrected chi connectivity index (χ2v) is 5.76. The lowest BCUT2D eigenvalue weighted by atomic mass is 9.98. The number of aryl methyl sites for hydroxylation is 1. The highest BCUT2D eigenvalue weighted by Crippen LogP contribution is 2.25. The van der Waals surface area contributed by atoms with Crippen molar-refractivity contribution in [3.8, 4) is 0 Å². The first-order chi connectivity index (χ1) is 9.65. The summed E-state index contributed by atoms with van der Waals surface area (Å²) >= 11 is 0. The van der Waals surface area contributed by atoms with Gasteiger partial charge in [0.1, 0.15) is 0 Å². The molecule has 0 aromatic heterocycles. The van der Waals surface area contributed by atoms with Crippen LogP contribution in [0.25, 0.3) is 0 Å². The maximum atomic E-state index is 12.6. The number of hydrogen-bond donors (Lipinski definition) is 1. The van der Waals surface area contributed by atoms with Crippen LogP contribution in [0.5, 0.6) is 0 Å². The molecule has 0 aliphatic carbocycles. The standard InChI is InChI=1S/C16H20N2O2/c1-11-4-2-3-9-18(11)16(20)13-5-7-14-12(10-13)6-8-15(19)17-14/h5,7,10-11H,2-4,6,8-9H2,1H3,(H,17,19).